The molecule has 0 radical (unpaired) electrons. The first-order chi connectivity index (χ1) is 13.0. The highest BCUT2D eigenvalue weighted by atomic mass is 19.1. The Balaban J connectivity index is 1.82. The first-order valence-electron chi connectivity index (χ1n) is 9.31. The number of guanidine groups is 1. The average molecular weight is 379 g/mol. The van der Waals surface area contributed by atoms with E-state index in [9.17, 15) is 9.18 Å². The van der Waals surface area contributed by atoms with Crippen LogP contribution in [0.5, 0.6) is 0 Å². The summed E-state index contributed by atoms with van der Waals surface area (Å²) in [4.78, 5) is 20.2. The number of aliphatic imine (C=N–C) groups is 1. The van der Waals surface area contributed by atoms with Crippen molar-refractivity contribution in [3.8, 4) is 0 Å². The Labute approximate surface area is 160 Å². The van der Waals surface area contributed by atoms with Crippen molar-refractivity contribution < 1.29 is 13.9 Å². The van der Waals surface area contributed by atoms with Gasteiger partial charge in [0.25, 0.3) is 0 Å². The molecule has 1 aliphatic rings. The van der Waals surface area contributed by atoms with Crippen molar-refractivity contribution in [3.63, 3.8) is 0 Å². The van der Waals surface area contributed by atoms with E-state index in [1.54, 1.807) is 26.2 Å². The quantitative estimate of drug-likeness (QED) is 0.395. The van der Waals surface area contributed by atoms with Crippen LogP contribution >= 0.6 is 0 Å². The van der Waals surface area contributed by atoms with Crippen molar-refractivity contribution in [1.29, 1.82) is 0 Å². The molecule has 0 unspecified atom stereocenters. The van der Waals surface area contributed by atoms with E-state index < -0.39 is 0 Å². The highest BCUT2D eigenvalue weighted by molar-refractivity contribution is 5.86. The molecule has 0 saturated carbocycles. The highest BCUT2D eigenvalue weighted by Gasteiger charge is 2.10. The number of carbonyl (C=O) groups is 1. The number of nitrogens with zero attached hydrogens (tertiary/aromatic N) is 3. The molecule has 27 heavy (non-hydrogen) atoms. The number of nitrogens with one attached hydrogen (secondary N) is 2. The Hall–Kier alpha value is -2.19. The van der Waals surface area contributed by atoms with E-state index in [-0.39, 0.29) is 18.3 Å². The number of morpholine rings is 1. The van der Waals surface area contributed by atoms with Crippen LogP contribution in [0.15, 0.2) is 29.3 Å². The molecule has 0 spiro atoms. The lowest BCUT2D eigenvalue weighted by Gasteiger charge is -2.26. The summed E-state index contributed by atoms with van der Waals surface area (Å²) >= 11 is 0. The first-order valence-corrected chi connectivity index (χ1v) is 9.31. The SMILES string of the molecule is CN(C)C(=O)CNC(=NCc1ccc(F)cc1)NCCCN1CCOCC1. The molecule has 1 amide bonds. The van der Waals surface area contributed by atoms with Gasteiger partial charge in [-0.15, -0.1) is 0 Å². The van der Waals surface area contributed by atoms with Crippen LogP contribution in [0.2, 0.25) is 0 Å². The summed E-state index contributed by atoms with van der Waals surface area (Å²) in [6.07, 6.45) is 0.971. The van der Waals surface area contributed by atoms with Crippen LogP contribution in [0.1, 0.15) is 12.0 Å². The van der Waals surface area contributed by atoms with Gasteiger partial charge in [0.15, 0.2) is 5.96 Å². The van der Waals surface area contributed by atoms with Gasteiger partial charge in [-0.1, -0.05) is 12.1 Å². The monoisotopic (exact) mass is 379 g/mol. The van der Waals surface area contributed by atoms with Crippen molar-refractivity contribution in [3.05, 3.63) is 35.6 Å². The molecule has 150 valence electrons. The maximum atomic E-state index is 13.0. The lowest BCUT2D eigenvalue weighted by atomic mass is 10.2. The highest BCUT2D eigenvalue weighted by Crippen LogP contribution is 2.04. The van der Waals surface area contributed by atoms with E-state index in [1.807, 2.05) is 0 Å². The summed E-state index contributed by atoms with van der Waals surface area (Å²) in [6.45, 7) is 5.88. The Morgan fingerprint density at radius 2 is 1.93 bits per heavy atom. The van der Waals surface area contributed by atoms with Crippen molar-refractivity contribution in [2.75, 3.05) is 60.0 Å². The molecular formula is C19H30FN5O2. The van der Waals surface area contributed by atoms with Crippen molar-refractivity contribution in [2.45, 2.75) is 13.0 Å². The second-order valence-corrected chi connectivity index (χ2v) is 6.67. The molecule has 0 aliphatic carbocycles. The van der Waals surface area contributed by atoms with Crippen LogP contribution in [-0.2, 0) is 16.1 Å². The Morgan fingerprint density at radius 1 is 1.22 bits per heavy atom. The Kier molecular flexibility index (Phi) is 9.00. The fourth-order valence-corrected chi connectivity index (χ4v) is 2.59. The third kappa shape index (κ3) is 8.36. The van der Waals surface area contributed by atoms with Crippen molar-refractivity contribution in [2.24, 2.45) is 4.99 Å². The summed E-state index contributed by atoms with van der Waals surface area (Å²) < 4.78 is 18.4. The van der Waals surface area contributed by atoms with E-state index >= 15 is 0 Å². The molecule has 1 aromatic rings. The van der Waals surface area contributed by atoms with Crippen LogP contribution in [0.25, 0.3) is 0 Å². The summed E-state index contributed by atoms with van der Waals surface area (Å²) in [6, 6.07) is 6.26. The van der Waals surface area contributed by atoms with E-state index in [4.69, 9.17) is 4.74 Å². The Bertz CT molecular complexity index is 601. The Morgan fingerprint density at radius 3 is 2.59 bits per heavy atom. The number of carbonyl (C=O) groups excluding carboxylic acids is 1. The average Bonchev–Trinajstić information content (AvgIpc) is 2.68. The van der Waals surface area contributed by atoms with Gasteiger partial charge in [0.2, 0.25) is 5.91 Å². The number of hydrogen-bond donors (Lipinski definition) is 2. The van der Waals surface area contributed by atoms with Crippen LogP contribution in [0, 0.1) is 5.82 Å². The molecule has 1 aliphatic heterocycles. The number of ether oxygens (including phenoxy) is 1. The minimum Gasteiger partial charge on any atom is -0.379 e. The molecule has 1 aromatic carbocycles. The second-order valence-electron chi connectivity index (χ2n) is 6.67. The molecule has 1 saturated heterocycles. The number of rotatable bonds is 8. The predicted octanol–water partition coefficient (Wildman–Crippen LogP) is 0.671. The smallest absolute Gasteiger partial charge is 0.241 e. The van der Waals surface area contributed by atoms with Gasteiger partial charge in [0.05, 0.1) is 26.3 Å². The number of amides is 1. The van der Waals surface area contributed by atoms with Crippen LogP contribution in [0.3, 0.4) is 0 Å². The molecule has 0 bridgehead atoms. The summed E-state index contributed by atoms with van der Waals surface area (Å²) in [5.41, 5.74) is 0.907. The standard InChI is InChI=1S/C19H30FN5O2/c1-24(2)18(26)15-23-19(22-14-16-4-6-17(20)7-5-16)21-8-3-9-25-10-12-27-13-11-25/h4-7H,3,8-15H2,1-2H3,(H2,21,22,23). The van der Waals surface area contributed by atoms with Gasteiger partial charge in [-0.25, -0.2) is 9.38 Å². The molecule has 8 heteroatoms. The van der Waals surface area contributed by atoms with Crippen LogP contribution in [-0.4, -0.2) is 81.7 Å². The van der Waals surface area contributed by atoms with E-state index in [2.05, 4.69) is 20.5 Å². The first kappa shape index (κ1) is 21.1. The maximum Gasteiger partial charge on any atom is 0.241 e. The zero-order chi connectivity index (χ0) is 19.5. The van der Waals surface area contributed by atoms with Gasteiger partial charge in [-0.3, -0.25) is 9.69 Å². The lowest BCUT2D eigenvalue weighted by Crippen LogP contribution is -2.44. The van der Waals surface area contributed by atoms with Gasteiger partial charge < -0.3 is 20.3 Å². The predicted molar refractivity (Wildman–Crippen MR) is 104 cm³/mol. The normalized spacial score (nSPS) is 15.4. The van der Waals surface area contributed by atoms with Gasteiger partial charge in [0, 0.05) is 33.7 Å². The third-order valence-corrected chi connectivity index (χ3v) is 4.29. The zero-order valence-electron chi connectivity index (χ0n) is 16.2. The van der Waals surface area contributed by atoms with E-state index in [0.29, 0.717) is 12.5 Å². The lowest BCUT2D eigenvalue weighted by molar-refractivity contribution is -0.127. The minimum absolute atomic E-state index is 0.0281. The molecule has 1 fully saturated rings. The minimum atomic E-state index is -0.265. The number of benzene rings is 1. The maximum absolute atomic E-state index is 13.0. The number of hydrogen-bond acceptors (Lipinski definition) is 4. The van der Waals surface area contributed by atoms with Gasteiger partial charge >= 0.3 is 0 Å². The molecule has 2 N–H and O–H groups in total. The second kappa shape index (κ2) is 11.5. The molecule has 7 nitrogen and oxygen atoms in total. The van der Waals surface area contributed by atoms with Crippen LogP contribution < -0.4 is 10.6 Å². The van der Waals surface area contributed by atoms with Gasteiger partial charge in [-0.2, -0.15) is 0 Å². The molecule has 0 aromatic heterocycles. The van der Waals surface area contributed by atoms with Crippen molar-refractivity contribution >= 4 is 11.9 Å². The topological polar surface area (TPSA) is 69.2 Å². The molecule has 2 rings (SSSR count). The summed E-state index contributed by atoms with van der Waals surface area (Å²) in [7, 11) is 3.43. The van der Waals surface area contributed by atoms with Gasteiger partial charge in [-0.05, 0) is 30.7 Å². The molecule has 0 atom stereocenters. The fourth-order valence-electron chi connectivity index (χ4n) is 2.59. The number of likely N-dealkylation sites (N-methyl/N-ethyl adjacent to an activating group) is 1. The number of halogens is 1. The van der Waals surface area contributed by atoms with Crippen molar-refractivity contribution in [1.82, 2.24) is 20.4 Å². The summed E-state index contributed by atoms with van der Waals surface area (Å²) in [5, 5.41) is 6.33. The van der Waals surface area contributed by atoms with Crippen LogP contribution in [0.4, 0.5) is 4.39 Å². The largest absolute Gasteiger partial charge is 0.379 e. The summed E-state index contributed by atoms with van der Waals surface area (Å²) in [5.74, 6) is 0.287. The van der Waals surface area contributed by atoms with Gasteiger partial charge in [0.1, 0.15) is 5.82 Å². The molecule has 1 heterocycles. The fraction of sp³-hybridized carbons (Fsp3) is 0.579. The molecular weight excluding hydrogens is 349 g/mol. The zero-order valence-corrected chi connectivity index (χ0v) is 16.2. The van der Waals surface area contributed by atoms with E-state index in [0.717, 1.165) is 51.4 Å². The third-order valence-electron chi connectivity index (χ3n) is 4.29. The van der Waals surface area contributed by atoms with E-state index in [1.165, 1.54) is 17.0 Å².